The number of hydrogen-bond acceptors (Lipinski definition) is 1. The highest BCUT2D eigenvalue weighted by atomic mass is 19.1. The van der Waals surface area contributed by atoms with Gasteiger partial charge in [0.15, 0.2) is 0 Å². The van der Waals surface area contributed by atoms with Gasteiger partial charge < -0.3 is 4.79 Å². The number of carbonyl (C=O) groups excluding carboxylic acids is 1. The zero-order valence-corrected chi connectivity index (χ0v) is 14.1. The Kier molecular flexibility index (Phi) is 8.94. The van der Waals surface area contributed by atoms with Gasteiger partial charge in [-0.3, -0.25) is 0 Å². The van der Waals surface area contributed by atoms with Crippen LogP contribution in [0.4, 0.5) is 4.39 Å². The van der Waals surface area contributed by atoms with Crippen LogP contribution in [-0.2, 0) is 4.79 Å². The number of carbonyl (C=O) groups is 1. The summed E-state index contributed by atoms with van der Waals surface area (Å²) in [4.78, 5) is 10.9. The standard InChI is InChI=1S/C21H27FO/c1-4-6-11-18(16-23)12-9-7-8-10-17(3)20-13-14-21(22)19(5-2)15-20/h5-6,13-18H,1-2,7-12H2,3H3. The molecule has 0 N–H and O–H groups in total. The van der Waals surface area contributed by atoms with E-state index in [-0.39, 0.29) is 11.7 Å². The quantitative estimate of drug-likeness (QED) is 0.275. The molecule has 1 rings (SSSR count). The van der Waals surface area contributed by atoms with E-state index in [0.717, 1.165) is 50.4 Å². The normalized spacial score (nSPS) is 13.0. The molecule has 1 aromatic rings. The molecule has 0 aliphatic heterocycles. The number of benzene rings is 1. The van der Waals surface area contributed by atoms with Crippen LogP contribution in [0.5, 0.6) is 0 Å². The molecular formula is C21H27FO. The summed E-state index contributed by atoms with van der Waals surface area (Å²) in [7, 11) is 0. The van der Waals surface area contributed by atoms with Crippen molar-refractivity contribution in [3.8, 4) is 0 Å². The van der Waals surface area contributed by atoms with Crippen LogP contribution in [0.2, 0.25) is 0 Å². The van der Waals surface area contributed by atoms with Crippen LogP contribution in [0.3, 0.4) is 0 Å². The first-order valence-electron chi connectivity index (χ1n) is 8.33. The Balaban J connectivity index is 2.33. The van der Waals surface area contributed by atoms with Crippen molar-refractivity contribution in [2.24, 2.45) is 5.92 Å². The molecule has 124 valence electrons. The molecule has 0 bridgehead atoms. The predicted molar refractivity (Wildman–Crippen MR) is 95.9 cm³/mol. The minimum atomic E-state index is -0.218. The van der Waals surface area contributed by atoms with Gasteiger partial charge in [-0.05, 0) is 49.0 Å². The molecule has 2 atom stereocenters. The molecule has 0 aliphatic rings. The Morgan fingerprint density at radius 1 is 1.26 bits per heavy atom. The van der Waals surface area contributed by atoms with Crippen molar-refractivity contribution < 1.29 is 9.18 Å². The molecule has 0 amide bonds. The maximum absolute atomic E-state index is 13.5. The van der Waals surface area contributed by atoms with E-state index in [2.05, 4.69) is 25.8 Å². The molecule has 2 unspecified atom stereocenters. The molecule has 0 saturated carbocycles. The van der Waals surface area contributed by atoms with E-state index in [1.807, 2.05) is 18.2 Å². The Morgan fingerprint density at radius 3 is 2.65 bits per heavy atom. The first-order valence-corrected chi connectivity index (χ1v) is 8.33. The van der Waals surface area contributed by atoms with Crippen LogP contribution in [0.1, 0.15) is 62.5 Å². The van der Waals surface area contributed by atoms with Crippen molar-refractivity contribution in [3.05, 3.63) is 60.1 Å². The number of hydrogen-bond donors (Lipinski definition) is 0. The second-order valence-electron chi connectivity index (χ2n) is 6.06. The Bertz CT molecular complexity index is 555. The Morgan fingerprint density at radius 2 is 2.00 bits per heavy atom. The molecule has 0 aromatic heterocycles. The van der Waals surface area contributed by atoms with Gasteiger partial charge in [-0.1, -0.05) is 51.5 Å². The van der Waals surface area contributed by atoms with Gasteiger partial charge in [0.2, 0.25) is 0 Å². The fraction of sp³-hybridized carbons (Fsp3) is 0.429. The molecule has 23 heavy (non-hydrogen) atoms. The van der Waals surface area contributed by atoms with Crippen LogP contribution >= 0.6 is 0 Å². The van der Waals surface area contributed by atoms with Gasteiger partial charge in [0.05, 0.1) is 0 Å². The number of halogens is 1. The minimum absolute atomic E-state index is 0.0916. The van der Waals surface area contributed by atoms with Crippen molar-refractivity contribution >= 4 is 12.4 Å². The molecule has 1 aromatic carbocycles. The lowest BCUT2D eigenvalue weighted by molar-refractivity contribution is -0.111. The van der Waals surface area contributed by atoms with Gasteiger partial charge >= 0.3 is 0 Å². The highest BCUT2D eigenvalue weighted by molar-refractivity contribution is 5.53. The minimum Gasteiger partial charge on any atom is -0.303 e. The van der Waals surface area contributed by atoms with E-state index in [0.29, 0.717) is 11.5 Å². The largest absolute Gasteiger partial charge is 0.303 e. The van der Waals surface area contributed by atoms with E-state index in [9.17, 15) is 9.18 Å². The molecule has 0 aliphatic carbocycles. The average Bonchev–Trinajstić information content (AvgIpc) is 2.57. The zero-order chi connectivity index (χ0) is 17.1. The monoisotopic (exact) mass is 314 g/mol. The third-order valence-corrected chi connectivity index (χ3v) is 4.28. The highest BCUT2D eigenvalue weighted by Crippen LogP contribution is 2.25. The topological polar surface area (TPSA) is 17.1 Å². The fourth-order valence-electron chi connectivity index (χ4n) is 2.70. The number of allylic oxidation sites excluding steroid dienone is 1. The third-order valence-electron chi connectivity index (χ3n) is 4.28. The molecule has 0 fully saturated rings. The summed E-state index contributed by atoms with van der Waals surface area (Å²) in [5.74, 6) is 0.276. The lowest BCUT2D eigenvalue weighted by Gasteiger charge is -2.13. The Labute approximate surface area is 139 Å². The van der Waals surface area contributed by atoms with Gasteiger partial charge in [0.1, 0.15) is 12.1 Å². The molecule has 0 radical (unpaired) electrons. The van der Waals surface area contributed by atoms with E-state index >= 15 is 0 Å². The summed E-state index contributed by atoms with van der Waals surface area (Å²) < 4.78 is 13.5. The van der Waals surface area contributed by atoms with Crippen LogP contribution in [-0.4, -0.2) is 6.29 Å². The summed E-state index contributed by atoms with van der Waals surface area (Å²) in [6.45, 7) is 9.33. The third kappa shape index (κ3) is 6.80. The SMILES string of the molecule is C=C=CCC(C=O)CCCCCC(C)c1ccc(F)c(C=C)c1. The molecule has 0 heterocycles. The summed E-state index contributed by atoms with van der Waals surface area (Å²) in [6, 6.07) is 5.26. The van der Waals surface area contributed by atoms with Gasteiger partial charge in [-0.2, -0.15) is 0 Å². The van der Waals surface area contributed by atoms with Gasteiger partial charge in [0.25, 0.3) is 0 Å². The average molecular weight is 314 g/mol. The second kappa shape index (κ2) is 10.7. The van der Waals surface area contributed by atoms with Gasteiger partial charge in [0, 0.05) is 11.5 Å². The van der Waals surface area contributed by atoms with Crippen molar-refractivity contribution in [2.45, 2.75) is 51.4 Å². The first-order chi connectivity index (χ1) is 11.1. The molecule has 0 spiro atoms. The lowest BCUT2D eigenvalue weighted by atomic mass is 9.92. The predicted octanol–water partition coefficient (Wildman–Crippen LogP) is 6.07. The fourth-order valence-corrected chi connectivity index (χ4v) is 2.70. The van der Waals surface area contributed by atoms with Crippen molar-refractivity contribution in [2.75, 3.05) is 0 Å². The maximum Gasteiger partial charge on any atom is 0.130 e. The summed E-state index contributed by atoms with van der Waals surface area (Å²) in [5.41, 5.74) is 4.44. The van der Waals surface area contributed by atoms with Crippen LogP contribution in [0.25, 0.3) is 6.08 Å². The van der Waals surface area contributed by atoms with E-state index in [4.69, 9.17) is 0 Å². The van der Waals surface area contributed by atoms with Crippen LogP contribution < -0.4 is 0 Å². The summed E-state index contributed by atoms with van der Waals surface area (Å²) in [6.07, 6.45) is 10.4. The van der Waals surface area contributed by atoms with Gasteiger partial charge in [-0.15, -0.1) is 5.73 Å². The summed E-state index contributed by atoms with van der Waals surface area (Å²) in [5, 5.41) is 0. The van der Waals surface area contributed by atoms with Crippen LogP contribution in [0, 0.1) is 11.7 Å². The molecule has 2 heteroatoms. The number of aldehydes is 1. The maximum atomic E-state index is 13.5. The first kappa shape index (κ1) is 19.1. The van der Waals surface area contributed by atoms with Crippen LogP contribution in [0.15, 0.2) is 43.2 Å². The Hall–Kier alpha value is -1.92. The van der Waals surface area contributed by atoms with E-state index in [1.54, 1.807) is 6.08 Å². The van der Waals surface area contributed by atoms with E-state index < -0.39 is 0 Å². The number of unbranched alkanes of at least 4 members (excludes halogenated alkanes) is 2. The molecule has 0 saturated heterocycles. The lowest BCUT2D eigenvalue weighted by Crippen LogP contribution is -2.00. The van der Waals surface area contributed by atoms with Crippen molar-refractivity contribution in [1.29, 1.82) is 0 Å². The van der Waals surface area contributed by atoms with E-state index in [1.165, 1.54) is 6.07 Å². The highest BCUT2D eigenvalue weighted by Gasteiger charge is 2.09. The number of rotatable bonds is 11. The van der Waals surface area contributed by atoms with Gasteiger partial charge in [-0.25, -0.2) is 4.39 Å². The second-order valence-corrected chi connectivity index (χ2v) is 6.06. The molecular weight excluding hydrogens is 287 g/mol. The van der Waals surface area contributed by atoms with Crippen molar-refractivity contribution in [1.82, 2.24) is 0 Å². The summed E-state index contributed by atoms with van der Waals surface area (Å²) >= 11 is 0. The molecule has 1 nitrogen and oxygen atoms in total. The smallest absolute Gasteiger partial charge is 0.130 e. The van der Waals surface area contributed by atoms with Crippen molar-refractivity contribution in [3.63, 3.8) is 0 Å². The zero-order valence-electron chi connectivity index (χ0n) is 14.1.